The molecule has 0 aliphatic carbocycles. The third-order valence-electron chi connectivity index (χ3n) is 5.66. The van der Waals surface area contributed by atoms with E-state index in [0.717, 1.165) is 0 Å². The van der Waals surface area contributed by atoms with Crippen LogP contribution in [0.15, 0.2) is 36.4 Å². The molecule has 0 bridgehead atoms. The summed E-state index contributed by atoms with van der Waals surface area (Å²) in [5.41, 5.74) is 0.642. The third-order valence-corrected chi connectivity index (χ3v) is 6.81. The summed E-state index contributed by atoms with van der Waals surface area (Å²) >= 11 is 1.24. The number of rotatable bonds is 8. The Balaban J connectivity index is 1.75. The maximum absolute atomic E-state index is 12.8. The number of carbonyl (C=O) groups excluding carboxylic acids is 1. The highest BCUT2D eigenvalue weighted by Crippen LogP contribution is 2.46. The topological polar surface area (TPSA) is 166 Å². The van der Waals surface area contributed by atoms with Gasteiger partial charge < -0.3 is 44.8 Å². The van der Waals surface area contributed by atoms with Crippen molar-refractivity contribution < 1.29 is 49.6 Å². The summed E-state index contributed by atoms with van der Waals surface area (Å²) in [5.74, 6) is -0.437. The summed E-state index contributed by atoms with van der Waals surface area (Å²) in [4.78, 5) is 13.4. The van der Waals surface area contributed by atoms with Gasteiger partial charge in [0.25, 0.3) is 0 Å². The highest BCUT2D eigenvalue weighted by Gasteiger charge is 2.46. The summed E-state index contributed by atoms with van der Waals surface area (Å²) in [6.45, 7) is -0.823. The molecule has 3 heterocycles. The number of benzene rings is 1. The van der Waals surface area contributed by atoms with E-state index >= 15 is 0 Å². The lowest BCUT2D eigenvalue weighted by molar-refractivity contribution is -0.277. The highest BCUT2D eigenvalue weighted by atomic mass is 32.1. The second kappa shape index (κ2) is 10.5. The van der Waals surface area contributed by atoms with Gasteiger partial charge in [0.05, 0.1) is 24.3 Å². The fourth-order valence-corrected chi connectivity index (χ4v) is 5.00. The summed E-state index contributed by atoms with van der Waals surface area (Å²) in [7, 11) is 0. The number of aliphatic hydroxyl groups is 6. The first-order valence-electron chi connectivity index (χ1n) is 10.7. The molecule has 10 nitrogen and oxygen atoms in total. The number of hydrogen-bond acceptors (Lipinski definition) is 11. The van der Waals surface area contributed by atoms with E-state index in [1.165, 1.54) is 11.3 Å². The summed E-state index contributed by atoms with van der Waals surface area (Å²) in [5, 5.41) is 59.1. The van der Waals surface area contributed by atoms with E-state index in [1.807, 2.05) is 0 Å². The number of allylic oxidation sites excluding steroid dienone is 2. The lowest BCUT2D eigenvalue weighted by atomic mass is 9.98. The molecule has 2 aromatic rings. The average Bonchev–Trinajstić information content (AvgIpc) is 3.39. The fraction of sp³-hybridized carbons (Fsp3) is 0.435. The summed E-state index contributed by atoms with van der Waals surface area (Å²) in [6, 6.07) is 3.32. The van der Waals surface area contributed by atoms with Crippen molar-refractivity contribution in [2.24, 2.45) is 0 Å². The standard InChI is InChI=1S/C23H26O10S/c24-6-4-2-1-3-5-13-16-14(32-23-20(29)19(28)18(27)15(10-26)33-23)8-11-7-12(9-25)34-21(11)17(16)22(30)31-13/h1-3,5,7-8,13,15,18-20,23-29H,4,6,9-10H2/b2-1+,5-3+/t13-,15+,18+,19-,20+,23+/m0/s1. The molecule has 0 spiro atoms. The Morgan fingerprint density at radius 3 is 2.56 bits per heavy atom. The van der Waals surface area contributed by atoms with Crippen molar-refractivity contribution in [3.63, 3.8) is 0 Å². The van der Waals surface area contributed by atoms with Crippen LogP contribution in [-0.4, -0.2) is 80.5 Å². The van der Waals surface area contributed by atoms with Gasteiger partial charge in [0.15, 0.2) is 6.10 Å². The molecule has 1 aromatic carbocycles. The van der Waals surface area contributed by atoms with Gasteiger partial charge in [0.1, 0.15) is 30.2 Å². The molecule has 4 rings (SSSR count). The smallest absolute Gasteiger partial charge is 0.341 e. The first-order chi connectivity index (χ1) is 16.4. The fourth-order valence-electron chi connectivity index (χ4n) is 3.96. The zero-order valence-corrected chi connectivity index (χ0v) is 18.8. The molecule has 1 fully saturated rings. The van der Waals surface area contributed by atoms with Gasteiger partial charge in [-0.1, -0.05) is 18.2 Å². The zero-order chi connectivity index (χ0) is 24.4. The second-order valence-corrected chi connectivity index (χ2v) is 9.06. The molecule has 6 N–H and O–H groups in total. The predicted molar refractivity (Wildman–Crippen MR) is 120 cm³/mol. The lowest BCUT2D eigenvalue weighted by Crippen LogP contribution is -2.60. The van der Waals surface area contributed by atoms with Gasteiger partial charge in [-0.2, -0.15) is 0 Å². The first-order valence-corrected chi connectivity index (χ1v) is 11.5. The van der Waals surface area contributed by atoms with E-state index in [1.54, 1.807) is 36.4 Å². The molecular weight excluding hydrogens is 468 g/mol. The largest absolute Gasteiger partial charge is 0.461 e. The maximum atomic E-state index is 12.8. The van der Waals surface area contributed by atoms with Crippen molar-refractivity contribution in [2.75, 3.05) is 13.2 Å². The van der Waals surface area contributed by atoms with Gasteiger partial charge >= 0.3 is 5.97 Å². The first kappa shape index (κ1) is 24.8. The maximum Gasteiger partial charge on any atom is 0.341 e. The molecule has 0 amide bonds. The van der Waals surface area contributed by atoms with Crippen molar-refractivity contribution in [3.05, 3.63) is 52.4 Å². The molecular formula is C23H26O10S. The van der Waals surface area contributed by atoms with E-state index in [0.29, 0.717) is 26.9 Å². The molecule has 184 valence electrons. The molecule has 6 atom stereocenters. The number of thiophene rings is 1. The van der Waals surface area contributed by atoms with Crippen molar-refractivity contribution >= 4 is 27.4 Å². The van der Waals surface area contributed by atoms with Gasteiger partial charge in [0.2, 0.25) is 6.29 Å². The van der Waals surface area contributed by atoms with Crippen LogP contribution in [0.5, 0.6) is 5.75 Å². The van der Waals surface area contributed by atoms with Crippen LogP contribution >= 0.6 is 11.3 Å². The molecule has 0 unspecified atom stereocenters. The van der Waals surface area contributed by atoms with Crippen LogP contribution in [-0.2, 0) is 16.1 Å². The van der Waals surface area contributed by atoms with Crippen LogP contribution in [0, 0.1) is 0 Å². The number of hydrogen-bond donors (Lipinski definition) is 6. The third kappa shape index (κ3) is 4.61. The van der Waals surface area contributed by atoms with E-state index in [-0.39, 0.29) is 24.5 Å². The minimum Gasteiger partial charge on any atom is -0.461 e. The Hall–Kier alpha value is -2.35. The normalized spacial score (nSPS) is 29.3. The lowest BCUT2D eigenvalue weighted by Gasteiger charge is -2.39. The summed E-state index contributed by atoms with van der Waals surface area (Å²) in [6.07, 6.45) is -1.02. The van der Waals surface area contributed by atoms with Crippen LogP contribution in [0.25, 0.3) is 10.1 Å². The SMILES string of the molecule is O=C1O[C@@H](/C=C/C=C/CCO)c2c(O[C@@H]3O[C@H](CO)[C@@H](O)[C@H](O)[C@H]3O)cc3cc(CO)sc3c21. The van der Waals surface area contributed by atoms with Crippen molar-refractivity contribution in [2.45, 2.75) is 49.8 Å². The van der Waals surface area contributed by atoms with Gasteiger partial charge in [0, 0.05) is 16.2 Å². The average molecular weight is 495 g/mol. The molecule has 11 heteroatoms. The number of fused-ring (bicyclic) bond motifs is 3. The Morgan fingerprint density at radius 2 is 1.85 bits per heavy atom. The summed E-state index contributed by atoms with van der Waals surface area (Å²) < 4.78 is 17.5. The molecule has 1 saturated heterocycles. The Kier molecular flexibility index (Phi) is 7.65. The van der Waals surface area contributed by atoms with Crippen molar-refractivity contribution in [1.82, 2.24) is 0 Å². The second-order valence-electron chi connectivity index (χ2n) is 7.92. The van der Waals surface area contributed by atoms with E-state index in [9.17, 15) is 30.3 Å². The monoisotopic (exact) mass is 494 g/mol. The Labute approximate surface area is 198 Å². The number of esters is 1. The van der Waals surface area contributed by atoms with Gasteiger partial charge in [-0.25, -0.2) is 4.79 Å². The van der Waals surface area contributed by atoms with Crippen LogP contribution < -0.4 is 4.74 Å². The quantitative estimate of drug-likeness (QED) is 0.222. The number of aliphatic hydroxyl groups excluding tert-OH is 6. The van der Waals surface area contributed by atoms with Crippen LogP contribution in [0.1, 0.15) is 33.3 Å². The van der Waals surface area contributed by atoms with Crippen LogP contribution in [0.3, 0.4) is 0 Å². The van der Waals surface area contributed by atoms with Gasteiger partial charge in [-0.05, 0) is 30.0 Å². The predicted octanol–water partition coefficient (Wildman–Crippen LogP) is 0.279. The van der Waals surface area contributed by atoms with Crippen molar-refractivity contribution in [1.29, 1.82) is 0 Å². The highest BCUT2D eigenvalue weighted by molar-refractivity contribution is 7.19. The molecule has 2 aliphatic rings. The Bertz CT molecular complexity index is 1090. The number of cyclic esters (lactones) is 1. The van der Waals surface area contributed by atoms with Gasteiger partial charge in [-0.15, -0.1) is 11.3 Å². The van der Waals surface area contributed by atoms with E-state index in [4.69, 9.17) is 19.3 Å². The Morgan fingerprint density at radius 1 is 1.06 bits per heavy atom. The number of ether oxygens (including phenoxy) is 3. The van der Waals surface area contributed by atoms with Crippen LogP contribution in [0.2, 0.25) is 0 Å². The minimum absolute atomic E-state index is 0.00617. The molecule has 34 heavy (non-hydrogen) atoms. The molecule has 0 saturated carbocycles. The molecule has 1 aromatic heterocycles. The van der Waals surface area contributed by atoms with E-state index < -0.39 is 49.4 Å². The number of carbonyl (C=O) groups is 1. The molecule has 0 radical (unpaired) electrons. The van der Waals surface area contributed by atoms with Crippen LogP contribution in [0.4, 0.5) is 0 Å². The van der Waals surface area contributed by atoms with E-state index in [2.05, 4.69) is 0 Å². The van der Waals surface area contributed by atoms with Crippen molar-refractivity contribution in [3.8, 4) is 5.75 Å². The zero-order valence-electron chi connectivity index (χ0n) is 18.0. The minimum atomic E-state index is -1.63. The molecule has 2 aliphatic heterocycles. The van der Waals surface area contributed by atoms with Gasteiger partial charge in [-0.3, -0.25) is 0 Å².